The van der Waals surface area contributed by atoms with Crippen LogP contribution in [0.3, 0.4) is 0 Å². The van der Waals surface area contributed by atoms with E-state index in [9.17, 15) is 10.1 Å². The first-order valence-electron chi connectivity index (χ1n) is 4.07. The van der Waals surface area contributed by atoms with Gasteiger partial charge in [-0.3, -0.25) is 10.1 Å². The lowest BCUT2D eigenvalue weighted by Gasteiger charge is -2.03. The van der Waals surface area contributed by atoms with Crippen molar-refractivity contribution < 1.29 is 4.92 Å². The summed E-state index contributed by atoms with van der Waals surface area (Å²) in [4.78, 5) is 9.61. The van der Waals surface area contributed by atoms with E-state index in [0.29, 0.717) is 0 Å². The summed E-state index contributed by atoms with van der Waals surface area (Å²) in [7, 11) is 0. The zero-order valence-electron chi connectivity index (χ0n) is 7.38. The van der Waals surface area contributed by atoms with Crippen LogP contribution in [-0.2, 0) is 0 Å². The predicted molar refractivity (Wildman–Crippen MR) is 51.0 cm³/mol. The third-order valence-corrected chi connectivity index (χ3v) is 1.82. The van der Waals surface area contributed by atoms with Crippen molar-refractivity contribution in [3.63, 3.8) is 0 Å². The Morgan fingerprint density at radius 2 is 2.00 bits per heavy atom. The van der Waals surface area contributed by atoms with E-state index in [1.165, 1.54) is 0 Å². The van der Waals surface area contributed by atoms with Gasteiger partial charge in [0.05, 0.1) is 4.92 Å². The molecule has 0 heterocycles. The van der Waals surface area contributed by atoms with E-state index in [4.69, 9.17) is 0 Å². The second-order valence-electron chi connectivity index (χ2n) is 2.83. The lowest BCUT2D eigenvalue weighted by molar-refractivity contribution is -0.402. The van der Waals surface area contributed by atoms with Gasteiger partial charge in [-0.15, -0.1) is 0 Å². The topological polar surface area (TPSA) is 43.1 Å². The SMILES string of the molecule is CC(/C=C/[N+](=O)[O-])c1ccccc1. The molecule has 0 aliphatic heterocycles. The van der Waals surface area contributed by atoms with Gasteiger partial charge in [0, 0.05) is 5.92 Å². The number of nitro groups is 1. The summed E-state index contributed by atoms with van der Waals surface area (Å²) in [6, 6.07) is 9.68. The van der Waals surface area contributed by atoms with Gasteiger partial charge in [0.1, 0.15) is 0 Å². The number of nitrogens with zero attached hydrogens (tertiary/aromatic N) is 1. The molecular weight excluding hydrogens is 166 g/mol. The Kier molecular flexibility index (Phi) is 3.20. The van der Waals surface area contributed by atoms with E-state index >= 15 is 0 Å². The number of allylic oxidation sites excluding steroid dienone is 1. The van der Waals surface area contributed by atoms with Crippen LogP contribution >= 0.6 is 0 Å². The zero-order valence-corrected chi connectivity index (χ0v) is 7.38. The first-order valence-corrected chi connectivity index (χ1v) is 4.07. The summed E-state index contributed by atoms with van der Waals surface area (Å²) < 4.78 is 0. The van der Waals surface area contributed by atoms with Crippen molar-refractivity contribution in [1.82, 2.24) is 0 Å². The molecule has 0 aliphatic carbocycles. The van der Waals surface area contributed by atoms with Crippen LogP contribution in [0, 0.1) is 10.1 Å². The average molecular weight is 177 g/mol. The molecule has 0 radical (unpaired) electrons. The molecule has 0 N–H and O–H groups in total. The number of hydrogen-bond donors (Lipinski definition) is 0. The normalized spacial score (nSPS) is 13.0. The maximum atomic E-state index is 10.1. The van der Waals surface area contributed by atoms with Crippen LogP contribution in [0.5, 0.6) is 0 Å². The first kappa shape index (κ1) is 9.45. The van der Waals surface area contributed by atoms with Crippen LogP contribution in [0.4, 0.5) is 0 Å². The van der Waals surface area contributed by atoms with Gasteiger partial charge in [-0.05, 0) is 11.6 Å². The van der Waals surface area contributed by atoms with Gasteiger partial charge >= 0.3 is 0 Å². The molecule has 0 aromatic heterocycles. The number of hydrogen-bond acceptors (Lipinski definition) is 2. The van der Waals surface area contributed by atoms with E-state index in [-0.39, 0.29) is 5.92 Å². The highest BCUT2D eigenvalue weighted by Gasteiger charge is 2.00. The predicted octanol–water partition coefficient (Wildman–Crippen LogP) is 2.58. The largest absolute Gasteiger partial charge is 0.259 e. The highest BCUT2D eigenvalue weighted by atomic mass is 16.6. The molecule has 1 aromatic carbocycles. The first-order chi connectivity index (χ1) is 6.20. The monoisotopic (exact) mass is 177 g/mol. The van der Waals surface area contributed by atoms with E-state index in [0.717, 1.165) is 11.8 Å². The van der Waals surface area contributed by atoms with Gasteiger partial charge in [-0.25, -0.2) is 0 Å². The van der Waals surface area contributed by atoms with Crippen molar-refractivity contribution in [2.75, 3.05) is 0 Å². The summed E-state index contributed by atoms with van der Waals surface area (Å²) in [5.41, 5.74) is 1.08. The van der Waals surface area contributed by atoms with Crippen molar-refractivity contribution in [2.45, 2.75) is 12.8 Å². The lowest BCUT2D eigenvalue weighted by atomic mass is 10.0. The zero-order chi connectivity index (χ0) is 9.68. The molecule has 68 valence electrons. The Bertz CT molecular complexity index is 306. The molecule has 0 fully saturated rings. The Labute approximate surface area is 76.9 Å². The minimum atomic E-state index is -0.445. The smallest absolute Gasteiger partial charge is 0.231 e. The van der Waals surface area contributed by atoms with Gasteiger partial charge in [-0.2, -0.15) is 0 Å². The molecule has 0 bridgehead atoms. The third-order valence-electron chi connectivity index (χ3n) is 1.82. The highest BCUT2D eigenvalue weighted by Crippen LogP contribution is 2.15. The fraction of sp³-hybridized carbons (Fsp3) is 0.200. The molecule has 0 spiro atoms. The number of rotatable bonds is 3. The summed E-state index contributed by atoms with van der Waals surface area (Å²) in [5.74, 6) is 0.0894. The Morgan fingerprint density at radius 1 is 1.38 bits per heavy atom. The second kappa shape index (κ2) is 4.40. The Hall–Kier alpha value is -1.64. The van der Waals surface area contributed by atoms with Gasteiger partial charge in [0.15, 0.2) is 0 Å². The molecule has 1 unspecified atom stereocenters. The highest BCUT2D eigenvalue weighted by molar-refractivity contribution is 5.22. The van der Waals surface area contributed by atoms with E-state index in [1.807, 2.05) is 37.3 Å². The minimum absolute atomic E-state index is 0.0894. The van der Waals surface area contributed by atoms with Gasteiger partial charge < -0.3 is 0 Å². The number of benzene rings is 1. The van der Waals surface area contributed by atoms with E-state index in [1.54, 1.807) is 6.08 Å². The van der Waals surface area contributed by atoms with E-state index in [2.05, 4.69) is 0 Å². The van der Waals surface area contributed by atoms with Crippen molar-refractivity contribution in [2.24, 2.45) is 0 Å². The molecule has 1 aromatic rings. The Balaban J connectivity index is 2.69. The van der Waals surface area contributed by atoms with Gasteiger partial charge in [0.25, 0.3) is 0 Å². The Morgan fingerprint density at radius 3 is 2.54 bits per heavy atom. The summed E-state index contributed by atoms with van der Waals surface area (Å²) in [6.07, 6.45) is 2.56. The molecule has 3 heteroatoms. The molecular formula is C10H11NO2. The molecule has 1 rings (SSSR count). The van der Waals surface area contributed by atoms with Crippen molar-refractivity contribution in [1.29, 1.82) is 0 Å². The fourth-order valence-corrected chi connectivity index (χ4v) is 1.07. The van der Waals surface area contributed by atoms with Gasteiger partial charge in [0.2, 0.25) is 6.20 Å². The molecule has 3 nitrogen and oxygen atoms in total. The lowest BCUT2D eigenvalue weighted by Crippen LogP contribution is -1.90. The molecule has 13 heavy (non-hydrogen) atoms. The van der Waals surface area contributed by atoms with Crippen LogP contribution < -0.4 is 0 Å². The third kappa shape index (κ3) is 3.07. The maximum Gasteiger partial charge on any atom is 0.231 e. The molecule has 0 saturated heterocycles. The summed E-state index contributed by atoms with van der Waals surface area (Å²) >= 11 is 0. The summed E-state index contributed by atoms with van der Waals surface area (Å²) in [5, 5.41) is 10.1. The molecule has 0 aliphatic rings. The van der Waals surface area contributed by atoms with Crippen LogP contribution in [0.1, 0.15) is 18.4 Å². The van der Waals surface area contributed by atoms with Crippen LogP contribution in [-0.4, -0.2) is 4.92 Å². The average Bonchev–Trinajstić information content (AvgIpc) is 2.15. The fourth-order valence-electron chi connectivity index (χ4n) is 1.07. The maximum absolute atomic E-state index is 10.1. The van der Waals surface area contributed by atoms with Gasteiger partial charge in [-0.1, -0.05) is 37.3 Å². The van der Waals surface area contributed by atoms with Crippen molar-refractivity contribution >= 4 is 0 Å². The molecule has 0 amide bonds. The quantitative estimate of drug-likeness (QED) is 0.526. The minimum Gasteiger partial charge on any atom is -0.259 e. The second-order valence-corrected chi connectivity index (χ2v) is 2.83. The van der Waals surface area contributed by atoms with Crippen molar-refractivity contribution in [3.8, 4) is 0 Å². The van der Waals surface area contributed by atoms with E-state index < -0.39 is 4.92 Å². The molecule has 0 saturated carbocycles. The van der Waals surface area contributed by atoms with Crippen LogP contribution in [0.2, 0.25) is 0 Å². The van der Waals surface area contributed by atoms with Crippen LogP contribution in [0.25, 0.3) is 0 Å². The summed E-state index contributed by atoms with van der Waals surface area (Å²) in [6.45, 7) is 1.93. The molecule has 1 atom stereocenters. The van der Waals surface area contributed by atoms with Crippen molar-refractivity contribution in [3.05, 3.63) is 58.3 Å². The van der Waals surface area contributed by atoms with Crippen LogP contribution in [0.15, 0.2) is 42.6 Å². The standard InChI is InChI=1S/C10H11NO2/c1-9(7-8-11(12)13)10-5-3-2-4-6-10/h2-9H,1H3/b8-7+.